The molecule has 0 bridgehead atoms. The van der Waals surface area contributed by atoms with E-state index in [0.29, 0.717) is 27.9 Å². The lowest BCUT2D eigenvalue weighted by molar-refractivity contribution is -0.148. The van der Waals surface area contributed by atoms with Crippen LogP contribution < -0.4 is 10.2 Å². The first-order chi connectivity index (χ1) is 14.3. The Morgan fingerprint density at radius 3 is 2.67 bits per heavy atom. The maximum atomic E-state index is 13.3. The molecule has 1 N–H and O–H groups in total. The van der Waals surface area contributed by atoms with Gasteiger partial charge in [-0.1, -0.05) is 17.7 Å². The maximum Gasteiger partial charge on any atom is 0.409 e. The lowest BCUT2D eigenvalue weighted by atomic mass is 10.1. The predicted molar refractivity (Wildman–Crippen MR) is 107 cm³/mol. The number of nitrogens with zero attached hydrogens (tertiary/aromatic N) is 4. The normalized spacial score (nSPS) is 16.7. The lowest BCUT2D eigenvalue weighted by Gasteiger charge is -2.26. The number of hydrogen-bond donors (Lipinski definition) is 1. The van der Waals surface area contributed by atoms with E-state index in [1.54, 1.807) is 36.4 Å². The molecule has 10 heteroatoms. The van der Waals surface area contributed by atoms with Crippen molar-refractivity contribution < 1.29 is 18.0 Å². The van der Waals surface area contributed by atoms with Crippen LogP contribution in [0, 0.1) is 0 Å². The van der Waals surface area contributed by atoms with Gasteiger partial charge < -0.3 is 5.32 Å². The average molecular weight is 434 g/mol. The predicted octanol–water partition coefficient (Wildman–Crippen LogP) is 4.99. The van der Waals surface area contributed by atoms with Crippen molar-refractivity contribution in [3.05, 3.63) is 59.9 Å². The molecule has 1 amide bonds. The molecular weight excluding hydrogens is 419 g/mol. The Morgan fingerprint density at radius 2 is 1.90 bits per heavy atom. The fraction of sp³-hybridized carbons (Fsp3) is 0.200. The number of hydrogen-bond acceptors (Lipinski definition) is 5. The Kier molecular flexibility index (Phi) is 5.29. The van der Waals surface area contributed by atoms with E-state index in [1.165, 1.54) is 18.5 Å². The molecule has 1 aliphatic heterocycles. The average Bonchev–Trinajstić information content (AvgIpc) is 3.10. The third-order valence-electron chi connectivity index (χ3n) is 4.61. The molecule has 0 aliphatic carbocycles. The number of benzene rings is 1. The minimum absolute atomic E-state index is 0.0553. The summed E-state index contributed by atoms with van der Waals surface area (Å²) < 4.78 is 40.0. The first kappa shape index (κ1) is 20.1. The third-order valence-corrected chi connectivity index (χ3v) is 4.85. The van der Waals surface area contributed by atoms with E-state index in [0.717, 1.165) is 4.90 Å². The number of aromatic nitrogens is 3. The highest BCUT2D eigenvalue weighted by Gasteiger charge is 2.50. The van der Waals surface area contributed by atoms with Crippen LogP contribution in [0.25, 0.3) is 11.3 Å². The second kappa shape index (κ2) is 7.91. The zero-order valence-electron chi connectivity index (χ0n) is 15.4. The molecule has 3 aromatic rings. The molecule has 1 aliphatic rings. The van der Waals surface area contributed by atoms with Gasteiger partial charge >= 0.3 is 6.18 Å². The van der Waals surface area contributed by atoms with Crippen molar-refractivity contribution in [1.82, 2.24) is 15.0 Å². The third kappa shape index (κ3) is 4.20. The minimum Gasteiger partial charge on any atom is -0.324 e. The fourth-order valence-electron chi connectivity index (χ4n) is 3.27. The summed E-state index contributed by atoms with van der Waals surface area (Å²) in [6.07, 6.45) is -2.09. The van der Waals surface area contributed by atoms with Crippen LogP contribution in [0.4, 0.5) is 30.6 Å². The van der Waals surface area contributed by atoms with Crippen LogP contribution in [0.15, 0.2) is 54.9 Å². The van der Waals surface area contributed by atoms with Crippen LogP contribution in [0.3, 0.4) is 0 Å². The number of nitrogens with one attached hydrogen (secondary N) is 1. The van der Waals surface area contributed by atoms with Crippen molar-refractivity contribution in [3.63, 3.8) is 0 Å². The van der Waals surface area contributed by atoms with Crippen molar-refractivity contribution >= 4 is 35.0 Å². The first-order valence-corrected chi connectivity index (χ1v) is 9.40. The largest absolute Gasteiger partial charge is 0.409 e. The van der Waals surface area contributed by atoms with Crippen LogP contribution >= 0.6 is 11.6 Å². The number of amides is 1. The van der Waals surface area contributed by atoms with Crippen molar-refractivity contribution in [2.45, 2.75) is 25.1 Å². The van der Waals surface area contributed by atoms with E-state index in [1.807, 2.05) is 0 Å². The lowest BCUT2D eigenvalue weighted by Crippen LogP contribution is -2.43. The molecule has 1 saturated heterocycles. The van der Waals surface area contributed by atoms with Gasteiger partial charge in [0.25, 0.3) is 0 Å². The van der Waals surface area contributed by atoms with Gasteiger partial charge in [0, 0.05) is 35.1 Å². The van der Waals surface area contributed by atoms with E-state index < -0.39 is 18.1 Å². The molecular formula is C20H15ClF3N5O. The Bertz CT molecular complexity index is 1090. The van der Waals surface area contributed by atoms with Gasteiger partial charge in [0.1, 0.15) is 11.9 Å². The molecule has 6 nitrogen and oxygen atoms in total. The summed E-state index contributed by atoms with van der Waals surface area (Å²) in [4.78, 5) is 25.4. The van der Waals surface area contributed by atoms with E-state index in [-0.39, 0.29) is 18.7 Å². The number of carbonyl (C=O) groups is 1. The van der Waals surface area contributed by atoms with E-state index >= 15 is 0 Å². The van der Waals surface area contributed by atoms with Crippen molar-refractivity contribution in [2.24, 2.45) is 0 Å². The number of alkyl halides is 3. The zero-order chi connectivity index (χ0) is 21.3. The smallest absolute Gasteiger partial charge is 0.324 e. The van der Waals surface area contributed by atoms with Gasteiger partial charge in [-0.2, -0.15) is 13.2 Å². The van der Waals surface area contributed by atoms with Crippen molar-refractivity contribution in [2.75, 3.05) is 10.2 Å². The van der Waals surface area contributed by atoms with Gasteiger partial charge in [0.2, 0.25) is 11.9 Å². The highest BCUT2D eigenvalue weighted by atomic mass is 35.5. The first-order valence-electron chi connectivity index (χ1n) is 9.02. The van der Waals surface area contributed by atoms with Gasteiger partial charge in [-0.15, -0.1) is 0 Å². The zero-order valence-corrected chi connectivity index (χ0v) is 16.2. The SMILES string of the molecule is O=C1CCC(C(F)(F)F)N1c1cc(-c2ccnc(Nc3cccc(Cl)c3)n2)ccn1. The van der Waals surface area contributed by atoms with Crippen LogP contribution in [0.1, 0.15) is 12.8 Å². The molecule has 154 valence electrons. The quantitative estimate of drug-likeness (QED) is 0.627. The molecule has 3 heterocycles. The van der Waals surface area contributed by atoms with Crippen molar-refractivity contribution in [1.29, 1.82) is 0 Å². The Hall–Kier alpha value is -3.20. The summed E-state index contributed by atoms with van der Waals surface area (Å²) in [5.41, 5.74) is 1.66. The molecule has 4 rings (SSSR count). The monoisotopic (exact) mass is 433 g/mol. The number of anilines is 3. The van der Waals surface area contributed by atoms with Gasteiger partial charge in [-0.25, -0.2) is 15.0 Å². The minimum atomic E-state index is -4.52. The van der Waals surface area contributed by atoms with Crippen LogP contribution in [-0.2, 0) is 4.79 Å². The topological polar surface area (TPSA) is 71.0 Å². The van der Waals surface area contributed by atoms with E-state index in [2.05, 4.69) is 20.3 Å². The van der Waals surface area contributed by atoms with Crippen LogP contribution in [0.5, 0.6) is 0 Å². The van der Waals surface area contributed by atoms with E-state index in [9.17, 15) is 18.0 Å². The van der Waals surface area contributed by atoms with Gasteiger partial charge in [0.05, 0.1) is 5.69 Å². The standard InChI is InChI=1S/C20H15ClF3N5O/c21-13-2-1-3-14(11-13)27-19-26-9-7-15(28-19)12-6-8-25-17(10-12)29-16(20(22,23)24)4-5-18(29)30/h1-3,6-11,16H,4-5H2,(H,26,27,28). The highest BCUT2D eigenvalue weighted by molar-refractivity contribution is 6.30. The number of pyridine rings is 1. The Balaban J connectivity index is 1.63. The molecule has 1 atom stereocenters. The van der Waals surface area contributed by atoms with Gasteiger partial charge in [0.15, 0.2) is 0 Å². The summed E-state index contributed by atoms with van der Waals surface area (Å²) in [7, 11) is 0. The number of rotatable bonds is 4. The highest BCUT2D eigenvalue weighted by Crippen LogP contribution is 2.36. The molecule has 1 unspecified atom stereocenters. The van der Waals surface area contributed by atoms with Crippen LogP contribution in [-0.4, -0.2) is 33.1 Å². The Morgan fingerprint density at radius 1 is 1.10 bits per heavy atom. The summed E-state index contributed by atoms with van der Waals surface area (Å²) in [6.45, 7) is 0. The molecule has 30 heavy (non-hydrogen) atoms. The van der Waals surface area contributed by atoms with E-state index in [4.69, 9.17) is 11.6 Å². The number of halogens is 4. The summed E-state index contributed by atoms with van der Waals surface area (Å²) in [5.74, 6) is -0.369. The summed E-state index contributed by atoms with van der Waals surface area (Å²) >= 11 is 5.97. The van der Waals surface area contributed by atoms with Crippen LogP contribution in [0.2, 0.25) is 5.02 Å². The molecule has 1 fully saturated rings. The second-order valence-corrected chi connectivity index (χ2v) is 7.10. The molecule has 0 spiro atoms. The molecule has 0 radical (unpaired) electrons. The van der Waals surface area contributed by atoms with Gasteiger partial charge in [-0.3, -0.25) is 9.69 Å². The maximum absolute atomic E-state index is 13.3. The fourth-order valence-corrected chi connectivity index (χ4v) is 3.46. The summed E-state index contributed by atoms with van der Waals surface area (Å²) in [5, 5.41) is 3.57. The van der Waals surface area contributed by atoms with Crippen molar-refractivity contribution in [3.8, 4) is 11.3 Å². The second-order valence-electron chi connectivity index (χ2n) is 6.66. The number of carbonyl (C=O) groups excluding carboxylic acids is 1. The molecule has 2 aromatic heterocycles. The Labute approximate surface area is 174 Å². The summed E-state index contributed by atoms with van der Waals surface area (Å²) in [6, 6.07) is 9.78. The molecule has 1 aromatic carbocycles. The van der Waals surface area contributed by atoms with Gasteiger partial charge in [-0.05, 0) is 42.8 Å². The molecule has 0 saturated carbocycles.